The SMILES string of the molecule is COc1cccc(CCC(=O)N(Cc2nnc(-c3ccc(Cl)cc3)o2)C2CC2)c1OC. The molecule has 1 fully saturated rings. The van der Waals surface area contributed by atoms with Gasteiger partial charge in [0.1, 0.15) is 0 Å². The molecule has 1 amide bonds. The Labute approximate surface area is 185 Å². The van der Waals surface area contributed by atoms with Crippen molar-refractivity contribution in [3.8, 4) is 23.0 Å². The van der Waals surface area contributed by atoms with Crippen LogP contribution >= 0.6 is 11.6 Å². The summed E-state index contributed by atoms with van der Waals surface area (Å²) >= 11 is 5.93. The van der Waals surface area contributed by atoms with Crippen LogP contribution in [0.1, 0.15) is 30.7 Å². The second-order valence-electron chi connectivity index (χ2n) is 7.41. The lowest BCUT2D eigenvalue weighted by Gasteiger charge is -2.21. The number of carbonyl (C=O) groups excluding carboxylic acids is 1. The zero-order valence-corrected chi connectivity index (χ0v) is 18.3. The van der Waals surface area contributed by atoms with Gasteiger partial charge in [-0.3, -0.25) is 4.79 Å². The molecule has 3 aromatic rings. The number of nitrogens with zero attached hydrogens (tertiary/aromatic N) is 3. The Balaban J connectivity index is 1.43. The first kappa shape index (κ1) is 21.2. The summed E-state index contributed by atoms with van der Waals surface area (Å²) < 4.78 is 16.6. The van der Waals surface area contributed by atoms with Crippen molar-refractivity contribution in [3.05, 3.63) is 58.9 Å². The van der Waals surface area contributed by atoms with Crippen molar-refractivity contribution in [3.63, 3.8) is 0 Å². The lowest BCUT2D eigenvalue weighted by atomic mass is 10.1. The molecule has 0 bridgehead atoms. The molecule has 0 unspecified atom stereocenters. The molecule has 1 aliphatic carbocycles. The number of hydrogen-bond donors (Lipinski definition) is 0. The van der Waals surface area contributed by atoms with Crippen LogP contribution in [0, 0.1) is 0 Å². The van der Waals surface area contributed by atoms with Gasteiger partial charge in [0.2, 0.25) is 17.7 Å². The number of ether oxygens (including phenoxy) is 2. The van der Waals surface area contributed by atoms with Crippen molar-refractivity contribution in [2.75, 3.05) is 14.2 Å². The molecule has 1 aliphatic rings. The molecule has 0 atom stereocenters. The first-order valence-electron chi connectivity index (χ1n) is 10.2. The van der Waals surface area contributed by atoms with E-state index < -0.39 is 0 Å². The van der Waals surface area contributed by atoms with Gasteiger partial charge < -0.3 is 18.8 Å². The minimum Gasteiger partial charge on any atom is -0.493 e. The summed E-state index contributed by atoms with van der Waals surface area (Å²) in [6.45, 7) is 0.305. The molecule has 31 heavy (non-hydrogen) atoms. The highest BCUT2D eigenvalue weighted by Crippen LogP contribution is 2.33. The van der Waals surface area contributed by atoms with Gasteiger partial charge in [-0.2, -0.15) is 0 Å². The van der Waals surface area contributed by atoms with Crippen molar-refractivity contribution in [1.29, 1.82) is 0 Å². The number of halogens is 1. The summed E-state index contributed by atoms with van der Waals surface area (Å²) in [7, 11) is 3.21. The Bertz CT molecular complexity index is 1050. The lowest BCUT2D eigenvalue weighted by Crippen LogP contribution is -2.32. The monoisotopic (exact) mass is 441 g/mol. The third-order valence-corrected chi connectivity index (χ3v) is 5.52. The lowest BCUT2D eigenvalue weighted by molar-refractivity contribution is -0.132. The Hall–Kier alpha value is -3.06. The van der Waals surface area contributed by atoms with E-state index >= 15 is 0 Å². The van der Waals surface area contributed by atoms with Crippen LogP contribution in [-0.2, 0) is 17.8 Å². The maximum atomic E-state index is 13.0. The molecule has 4 rings (SSSR count). The summed E-state index contributed by atoms with van der Waals surface area (Å²) in [4.78, 5) is 14.9. The van der Waals surface area contributed by atoms with Gasteiger partial charge in [0.15, 0.2) is 11.5 Å². The molecule has 0 spiro atoms. The fourth-order valence-corrected chi connectivity index (χ4v) is 3.64. The normalized spacial score (nSPS) is 13.1. The highest BCUT2D eigenvalue weighted by Gasteiger charge is 2.33. The van der Waals surface area contributed by atoms with E-state index in [0.717, 1.165) is 24.0 Å². The van der Waals surface area contributed by atoms with Gasteiger partial charge in [-0.15, -0.1) is 10.2 Å². The molecule has 7 nitrogen and oxygen atoms in total. The predicted molar refractivity (Wildman–Crippen MR) is 116 cm³/mol. The maximum absolute atomic E-state index is 13.0. The summed E-state index contributed by atoms with van der Waals surface area (Å²) in [5.41, 5.74) is 1.73. The zero-order valence-electron chi connectivity index (χ0n) is 17.5. The van der Waals surface area contributed by atoms with Crippen molar-refractivity contribution < 1.29 is 18.7 Å². The van der Waals surface area contributed by atoms with Gasteiger partial charge in [0, 0.05) is 23.0 Å². The fraction of sp³-hybridized carbons (Fsp3) is 0.348. The van der Waals surface area contributed by atoms with Crippen LogP contribution in [0.15, 0.2) is 46.9 Å². The smallest absolute Gasteiger partial charge is 0.247 e. The molecule has 1 heterocycles. The number of hydrogen-bond acceptors (Lipinski definition) is 6. The summed E-state index contributed by atoms with van der Waals surface area (Å²) in [5.74, 6) is 2.21. The maximum Gasteiger partial charge on any atom is 0.247 e. The number of carbonyl (C=O) groups is 1. The summed E-state index contributed by atoms with van der Waals surface area (Å²) in [6.07, 6.45) is 2.90. The molecule has 1 saturated carbocycles. The molecule has 162 valence electrons. The average Bonchev–Trinajstić information content (AvgIpc) is 3.53. The minimum absolute atomic E-state index is 0.0543. The van der Waals surface area contributed by atoms with Crippen LogP contribution in [0.25, 0.3) is 11.5 Å². The van der Waals surface area contributed by atoms with E-state index in [0.29, 0.717) is 47.7 Å². The topological polar surface area (TPSA) is 77.7 Å². The number of para-hydroxylation sites is 1. The zero-order chi connectivity index (χ0) is 21.8. The molecular formula is C23H24ClN3O4. The molecule has 8 heteroatoms. The van der Waals surface area contributed by atoms with Crippen LogP contribution in [0.2, 0.25) is 5.02 Å². The van der Waals surface area contributed by atoms with E-state index in [1.807, 2.05) is 35.2 Å². The highest BCUT2D eigenvalue weighted by molar-refractivity contribution is 6.30. The van der Waals surface area contributed by atoms with Crippen LogP contribution in [-0.4, -0.2) is 41.3 Å². The second-order valence-corrected chi connectivity index (χ2v) is 7.85. The van der Waals surface area contributed by atoms with Crippen molar-refractivity contribution in [2.45, 2.75) is 38.3 Å². The number of rotatable bonds is 9. The number of aromatic nitrogens is 2. The predicted octanol–water partition coefficient (Wildman–Crippen LogP) is 4.53. The summed E-state index contributed by atoms with van der Waals surface area (Å²) in [6, 6.07) is 13.1. The second kappa shape index (κ2) is 9.39. The first-order chi connectivity index (χ1) is 15.1. The number of benzene rings is 2. The van der Waals surface area contributed by atoms with Crippen molar-refractivity contribution >= 4 is 17.5 Å². The number of aryl methyl sites for hydroxylation is 1. The molecule has 2 aromatic carbocycles. The molecule has 1 aromatic heterocycles. The first-order valence-corrected chi connectivity index (χ1v) is 10.5. The summed E-state index contributed by atoms with van der Waals surface area (Å²) in [5, 5.41) is 8.89. The van der Waals surface area contributed by atoms with E-state index in [2.05, 4.69) is 10.2 Å². The van der Waals surface area contributed by atoms with Crippen molar-refractivity contribution in [1.82, 2.24) is 15.1 Å². The third-order valence-electron chi connectivity index (χ3n) is 5.26. The van der Waals surface area contributed by atoms with Crippen LogP contribution in [0.4, 0.5) is 0 Å². The van der Waals surface area contributed by atoms with Crippen LogP contribution in [0.3, 0.4) is 0 Å². The molecular weight excluding hydrogens is 418 g/mol. The Kier molecular flexibility index (Phi) is 6.42. The van der Waals surface area contributed by atoms with E-state index in [9.17, 15) is 4.79 Å². The van der Waals surface area contributed by atoms with Gasteiger partial charge in [0.25, 0.3) is 0 Å². The van der Waals surface area contributed by atoms with Crippen molar-refractivity contribution in [2.24, 2.45) is 0 Å². The average molecular weight is 442 g/mol. The quantitative estimate of drug-likeness (QED) is 0.485. The van der Waals surface area contributed by atoms with Crippen LogP contribution in [0.5, 0.6) is 11.5 Å². The Morgan fingerprint density at radius 1 is 1.13 bits per heavy atom. The molecule has 0 N–H and O–H groups in total. The van der Waals surface area contributed by atoms with Gasteiger partial charge in [-0.05, 0) is 55.2 Å². The van der Waals surface area contributed by atoms with E-state index in [1.54, 1.807) is 26.4 Å². The highest BCUT2D eigenvalue weighted by atomic mass is 35.5. The molecule has 0 aliphatic heterocycles. The minimum atomic E-state index is 0.0543. The molecule has 0 saturated heterocycles. The van der Waals surface area contributed by atoms with E-state index in [-0.39, 0.29) is 11.9 Å². The van der Waals surface area contributed by atoms with Gasteiger partial charge in [-0.25, -0.2) is 0 Å². The van der Waals surface area contributed by atoms with E-state index in [1.165, 1.54) is 0 Å². The third kappa shape index (κ3) is 4.99. The number of methoxy groups -OCH3 is 2. The largest absolute Gasteiger partial charge is 0.493 e. The Morgan fingerprint density at radius 2 is 1.90 bits per heavy atom. The fourth-order valence-electron chi connectivity index (χ4n) is 3.52. The van der Waals surface area contributed by atoms with E-state index in [4.69, 9.17) is 25.5 Å². The Morgan fingerprint density at radius 3 is 2.58 bits per heavy atom. The van der Waals surface area contributed by atoms with Gasteiger partial charge >= 0.3 is 0 Å². The molecule has 0 radical (unpaired) electrons. The standard InChI is InChI=1S/C23H24ClN3O4/c1-29-19-5-3-4-15(22(19)30-2)8-13-21(28)27(18-11-12-18)14-20-25-26-23(31-20)16-6-9-17(24)10-7-16/h3-7,9-10,18H,8,11-14H2,1-2H3. The number of amides is 1. The van der Waals surface area contributed by atoms with Crippen LogP contribution < -0.4 is 9.47 Å². The van der Waals surface area contributed by atoms with Gasteiger partial charge in [-0.1, -0.05) is 23.7 Å². The van der Waals surface area contributed by atoms with Gasteiger partial charge in [0.05, 0.1) is 20.8 Å².